The van der Waals surface area contributed by atoms with Gasteiger partial charge in [-0.3, -0.25) is 4.79 Å². The second kappa shape index (κ2) is 8.15. The first-order valence-electron chi connectivity index (χ1n) is 8.03. The zero-order valence-electron chi connectivity index (χ0n) is 13.5. The molecule has 128 valence electrons. The normalized spacial score (nSPS) is 17.3. The van der Waals surface area contributed by atoms with Crippen LogP contribution in [0.25, 0.3) is 17.4 Å². The van der Waals surface area contributed by atoms with Gasteiger partial charge in [0.05, 0.1) is 6.10 Å². The van der Waals surface area contributed by atoms with Crippen molar-refractivity contribution in [1.29, 1.82) is 5.26 Å². The van der Waals surface area contributed by atoms with Crippen molar-refractivity contribution in [1.82, 2.24) is 5.32 Å². The number of furan rings is 1. The molecular formula is C19H17BrN2O3. The van der Waals surface area contributed by atoms with Gasteiger partial charge >= 0.3 is 0 Å². The summed E-state index contributed by atoms with van der Waals surface area (Å²) in [5.74, 6) is 0.720. The maximum Gasteiger partial charge on any atom is 0.262 e. The fourth-order valence-corrected chi connectivity index (χ4v) is 2.86. The molecule has 2 aromatic rings. The van der Waals surface area contributed by atoms with E-state index in [2.05, 4.69) is 21.2 Å². The van der Waals surface area contributed by atoms with Gasteiger partial charge in [0.15, 0.2) is 0 Å². The molecule has 3 rings (SSSR count). The zero-order valence-corrected chi connectivity index (χ0v) is 15.1. The second-order valence-corrected chi connectivity index (χ2v) is 6.64. The molecule has 0 saturated carbocycles. The molecule has 0 bridgehead atoms. The second-order valence-electron chi connectivity index (χ2n) is 5.72. The number of carbonyl (C=O) groups excluding carboxylic acids is 1. The van der Waals surface area contributed by atoms with Crippen LogP contribution in [0.3, 0.4) is 0 Å². The van der Waals surface area contributed by atoms with Crippen LogP contribution in [0.2, 0.25) is 0 Å². The standard InChI is InChI=1S/C19H17BrN2O3/c20-15-5-3-13(4-6-15)18-8-7-16(25-18)10-14(11-21)19(23)22-12-17-2-1-9-24-17/h3-8,10,17H,1-2,9,12H2,(H,22,23). The molecule has 1 N–H and O–H groups in total. The summed E-state index contributed by atoms with van der Waals surface area (Å²) >= 11 is 3.39. The van der Waals surface area contributed by atoms with Crippen molar-refractivity contribution < 1.29 is 13.9 Å². The predicted molar refractivity (Wildman–Crippen MR) is 97.4 cm³/mol. The lowest BCUT2D eigenvalue weighted by molar-refractivity contribution is -0.117. The Morgan fingerprint density at radius 2 is 2.12 bits per heavy atom. The molecule has 1 aromatic heterocycles. The Balaban J connectivity index is 1.68. The maximum atomic E-state index is 12.1. The third-order valence-corrected chi connectivity index (χ3v) is 4.45. The molecule has 25 heavy (non-hydrogen) atoms. The molecule has 1 saturated heterocycles. The van der Waals surface area contributed by atoms with Gasteiger partial charge in [-0.15, -0.1) is 0 Å². The summed E-state index contributed by atoms with van der Waals surface area (Å²) in [6.07, 6.45) is 3.43. The summed E-state index contributed by atoms with van der Waals surface area (Å²) in [6, 6.07) is 13.2. The Labute approximate surface area is 154 Å². The Hall–Kier alpha value is -2.36. The molecule has 0 radical (unpaired) electrons. The lowest BCUT2D eigenvalue weighted by Gasteiger charge is -2.09. The van der Waals surface area contributed by atoms with E-state index in [9.17, 15) is 10.1 Å². The van der Waals surface area contributed by atoms with Crippen molar-refractivity contribution in [2.75, 3.05) is 13.2 Å². The Morgan fingerprint density at radius 3 is 2.80 bits per heavy atom. The van der Waals surface area contributed by atoms with Crippen LogP contribution in [0.5, 0.6) is 0 Å². The van der Waals surface area contributed by atoms with Gasteiger partial charge < -0.3 is 14.5 Å². The van der Waals surface area contributed by atoms with Crippen molar-refractivity contribution in [2.24, 2.45) is 0 Å². The highest BCUT2D eigenvalue weighted by atomic mass is 79.9. The molecule has 1 fully saturated rings. The van der Waals surface area contributed by atoms with E-state index in [1.165, 1.54) is 6.08 Å². The summed E-state index contributed by atoms with van der Waals surface area (Å²) in [7, 11) is 0. The summed E-state index contributed by atoms with van der Waals surface area (Å²) in [6.45, 7) is 1.15. The minimum atomic E-state index is -0.417. The van der Waals surface area contributed by atoms with Gasteiger partial charge in [-0.2, -0.15) is 5.26 Å². The van der Waals surface area contributed by atoms with Gasteiger partial charge in [0.25, 0.3) is 5.91 Å². The Bertz CT molecular complexity index is 812. The van der Waals surface area contributed by atoms with Crippen molar-refractivity contribution in [2.45, 2.75) is 18.9 Å². The minimum Gasteiger partial charge on any atom is -0.457 e. The molecule has 6 heteroatoms. The lowest BCUT2D eigenvalue weighted by atomic mass is 10.2. The quantitative estimate of drug-likeness (QED) is 0.609. The largest absolute Gasteiger partial charge is 0.457 e. The fraction of sp³-hybridized carbons (Fsp3) is 0.263. The van der Waals surface area contributed by atoms with Crippen LogP contribution in [0.15, 0.2) is 50.9 Å². The highest BCUT2D eigenvalue weighted by molar-refractivity contribution is 9.10. The van der Waals surface area contributed by atoms with Crippen LogP contribution in [0.4, 0.5) is 0 Å². The zero-order chi connectivity index (χ0) is 17.6. The molecule has 1 unspecified atom stereocenters. The van der Waals surface area contributed by atoms with Crippen molar-refractivity contribution in [3.63, 3.8) is 0 Å². The maximum absolute atomic E-state index is 12.1. The summed E-state index contributed by atoms with van der Waals surface area (Å²) in [5, 5.41) is 12.0. The van der Waals surface area contributed by atoms with Gasteiger partial charge in [-0.05, 0) is 37.1 Å². The van der Waals surface area contributed by atoms with Gasteiger partial charge in [0, 0.05) is 29.3 Å². The van der Waals surface area contributed by atoms with E-state index in [1.54, 1.807) is 6.07 Å². The summed E-state index contributed by atoms with van der Waals surface area (Å²) in [5.41, 5.74) is 0.930. The third-order valence-electron chi connectivity index (χ3n) is 3.92. The summed E-state index contributed by atoms with van der Waals surface area (Å²) < 4.78 is 12.2. The van der Waals surface area contributed by atoms with E-state index >= 15 is 0 Å². The molecule has 0 spiro atoms. The van der Waals surface area contributed by atoms with Crippen molar-refractivity contribution in [3.05, 3.63) is 52.2 Å². The molecule has 1 atom stereocenters. The number of hydrogen-bond acceptors (Lipinski definition) is 4. The topological polar surface area (TPSA) is 75.3 Å². The first-order chi connectivity index (χ1) is 12.2. The SMILES string of the molecule is N#CC(=Cc1ccc(-c2ccc(Br)cc2)o1)C(=O)NCC1CCCO1. The van der Waals surface area contributed by atoms with E-state index in [1.807, 2.05) is 36.4 Å². The number of hydrogen-bond donors (Lipinski definition) is 1. The minimum absolute atomic E-state index is 0.00898. The number of nitriles is 1. The van der Waals surface area contributed by atoms with E-state index in [0.29, 0.717) is 18.1 Å². The Kier molecular flexibility index (Phi) is 5.69. The monoisotopic (exact) mass is 400 g/mol. The van der Waals surface area contributed by atoms with Gasteiger partial charge in [0.2, 0.25) is 0 Å². The van der Waals surface area contributed by atoms with E-state index in [-0.39, 0.29) is 11.7 Å². The number of ether oxygens (including phenoxy) is 1. The first-order valence-corrected chi connectivity index (χ1v) is 8.82. The fourth-order valence-electron chi connectivity index (χ4n) is 2.60. The number of benzene rings is 1. The lowest BCUT2D eigenvalue weighted by Crippen LogP contribution is -2.32. The van der Waals surface area contributed by atoms with E-state index in [4.69, 9.17) is 9.15 Å². The van der Waals surface area contributed by atoms with Gasteiger partial charge in [-0.25, -0.2) is 0 Å². The molecule has 0 aliphatic carbocycles. The molecule has 1 aromatic carbocycles. The van der Waals surface area contributed by atoms with Crippen LogP contribution in [-0.4, -0.2) is 25.2 Å². The predicted octanol–water partition coefficient (Wildman–Crippen LogP) is 3.91. The number of rotatable bonds is 5. The van der Waals surface area contributed by atoms with Gasteiger partial charge in [-0.1, -0.05) is 28.1 Å². The average molecular weight is 401 g/mol. The van der Waals surface area contributed by atoms with Gasteiger partial charge in [0.1, 0.15) is 23.2 Å². The summed E-state index contributed by atoms with van der Waals surface area (Å²) in [4.78, 5) is 12.1. The third kappa shape index (κ3) is 4.59. The number of nitrogens with zero attached hydrogens (tertiary/aromatic N) is 1. The molecule has 1 amide bonds. The van der Waals surface area contributed by atoms with Crippen LogP contribution in [-0.2, 0) is 9.53 Å². The van der Waals surface area contributed by atoms with E-state index < -0.39 is 5.91 Å². The molecular weight excluding hydrogens is 384 g/mol. The molecule has 5 nitrogen and oxygen atoms in total. The van der Waals surface area contributed by atoms with Crippen LogP contribution < -0.4 is 5.32 Å². The molecule has 1 aliphatic rings. The highest BCUT2D eigenvalue weighted by Gasteiger charge is 2.18. The first kappa shape index (κ1) is 17.5. The van der Waals surface area contributed by atoms with Crippen molar-refractivity contribution in [3.8, 4) is 17.4 Å². The highest BCUT2D eigenvalue weighted by Crippen LogP contribution is 2.25. The van der Waals surface area contributed by atoms with Crippen molar-refractivity contribution >= 4 is 27.9 Å². The van der Waals surface area contributed by atoms with Crippen LogP contribution >= 0.6 is 15.9 Å². The average Bonchev–Trinajstić information content (AvgIpc) is 3.30. The number of halogens is 1. The molecule has 2 heterocycles. The van der Waals surface area contributed by atoms with Crippen LogP contribution in [0, 0.1) is 11.3 Å². The number of amides is 1. The molecule has 1 aliphatic heterocycles. The van der Waals surface area contributed by atoms with E-state index in [0.717, 1.165) is 29.5 Å². The van der Waals surface area contributed by atoms with Crippen LogP contribution in [0.1, 0.15) is 18.6 Å². The number of carbonyl (C=O) groups is 1. The smallest absolute Gasteiger partial charge is 0.262 e. The number of nitrogens with one attached hydrogen (secondary N) is 1. The Morgan fingerprint density at radius 1 is 1.32 bits per heavy atom.